The Labute approximate surface area is 236 Å². The van der Waals surface area contributed by atoms with Gasteiger partial charge >= 0.3 is 5.97 Å². The number of hydrogen-bond acceptors (Lipinski definition) is 9. The smallest absolute Gasteiger partial charge is 0.330 e. The van der Waals surface area contributed by atoms with Crippen molar-refractivity contribution in [3.63, 3.8) is 0 Å². The molecule has 5 heterocycles. The van der Waals surface area contributed by atoms with Crippen LogP contribution in [-0.4, -0.2) is 54.2 Å². The van der Waals surface area contributed by atoms with Crippen LogP contribution < -0.4 is 5.73 Å². The van der Waals surface area contributed by atoms with Crippen LogP contribution in [0.5, 0.6) is 0 Å². The number of esters is 1. The molecule has 2 N–H and O–H groups in total. The van der Waals surface area contributed by atoms with Gasteiger partial charge in [-0.15, -0.1) is 0 Å². The van der Waals surface area contributed by atoms with E-state index in [0.717, 1.165) is 36.8 Å². The molecule has 3 saturated heterocycles. The molecule has 5 rings (SSSR count). The summed E-state index contributed by atoms with van der Waals surface area (Å²) in [5.41, 5.74) is 8.52. The van der Waals surface area contributed by atoms with Crippen molar-refractivity contribution in [1.29, 1.82) is 0 Å². The number of nitrogens with zero attached hydrogens (tertiary/aromatic N) is 1. The maximum atomic E-state index is 13.0. The van der Waals surface area contributed by atoms with Crippen LogP contribution >= 0.6 is 0 Å². The molecule has 0 saturated carbocycles. The summed E-state index contributed by atoms with van der Waals surface area (Å²) in [6.07, 6.45) is 13.2. The summed E-state index contributed by atoms with van der Waals surface area (Å²) < 4.78 is 36.8. The Balaban J connectivity index is 1.40. The number of ether oxygens (including phenoxy) is 5. The summed E-state index contributed by atoms with van der Waals surface area (Å²) in [5, 5.41) is 0. The van der Waals surface area contributed by atoms with Gasteiger partial charge in [0.15, 0.2) is 0 Å². The van der Waals surface area contributed by atoms with Crippen molar-refractivity contribution in [3.8, 4) is 0 Å². The summed E-state index contributed by atoms with van der Waals surface area (Å²) in [6, 6.07) is 0. The van der Waals surface area contributed by atoms with Crippen LogP contribution in [0.25, 0.3) is 6.08 Å². The van der Waals surface area contributed by atoms with Gasteiger partial charge in [-0.1, -0.05) is 38.2 Å². The van der Waals surface area contributed by atoms with Crippen LogP contribution in [-0.2, 0) is 28.5 Å². The minimum atomic E-state index is -0.580. The van der Waals surface area contributed by atoms with Crippen LogP contribution in [0.15, 0.2) is 52.8 Å². The number of carbonyl (C=O) groups excluding carboxylic acids is 1. The van der Waals surface area contributed by atoms with E-state index in [-0.39, 0.29) is 54.4 Å². The number of fused-ring (bicyclic) bond motifs is 9. The van der Waals surface area contributed by atoms with E-state index < -0.39 is 6.29 Å². The lowest BCUT2D eigenvalue weighted by molar-refractivity contribution is -0.227. The van der Waals surface area contributed by atoms with Crippen molar-refractivity contribution in [3.05, 3.63) is 60.0 Å². The fourth-order valence-electron chi connectivity index (χ4n) is 6.26. The molecule has 0 aromatic carbocycles. The molecule has 0 aliphatic carbocycles. The second-order valence-electron chi connectivity index (χ2n) is 11.5. The molecule has 0 radical (unpaired) electrons. The highest BCUT2D eigenvalue weighted by Crippen LogP contribution is 2.37. The molecule has 218 valence electrons. The summed E-state index contributed by atoms with van der Waals surface area (Å²) >= 11 is 0. The maximum Gasteiger partial charge on any atom is 0.330 e. The Kier molecular flexibility index (Phi) is 9.25. The average Bonchev–Trinajstić information content (AvgIpc) is 3.40. The summed E-state index contributed by atoms with van der Waals surface area (Å²) in [4.78, 5) is 17.5. The normalized spacial score (nSPS) is 39.5. The van der Waals surface area contributed by atoms with E-state index in [4.69, 9.17) is 33.8 Å². The largest absolute Gasteiger partial charge is 0.458 e. The molecule has 0 unspecified atom stereocenters. The predicted molar refractivity (Wildman–Crippen MR) is 149 cm³/mol. The molecule has 1 aromatic rings. The fraction of sp³-hybridized carbons (Fsp3) is 0.613. The number of rotatable bonds is 1. The highest BCUT2D eigenvalue weighted by molar-refractivity contribution is 5.82. The molecular formula is C31H42N2O7. The van der Waals surface area contributed by atoms with Gasteiger partial charge in [0.1, 0.15) is 18.1 Å². The minimum absolute atomic E-state index is 0.00286. The Bertz CT molecular complexity index is 1140. The van der Waals surface area contributed by atoms with Crippen molar-refractivity contribution in [2.24, 2.45) is 17.6 Å². The number of carbonyl (C=O) groups is 1. The molecule has 9 heteroatoms. The molecule has 8 bridgehead atoms. The third-order valence-corrected chi connectivity index (χ3v) is 8.42. The Hall–Kier alpha value is -2.72. The lowest BCUT2D eigenvalue weighted by Gasteiger charge is -2.44. The first-order valence-corrected chi connectivity index (χ1v) is 14.4. The van der Waals surface area contributed by atoms with Gasteiger partial charge in [-0.05, 0) is 56.9 Å². The standard InChI is InChI=1S/C31H42N2O7/c1-18-13-22-7-5-10-28(34)40-30-20(3)26(39-29(21(30)4)19(2)16-32)8-6-9-27-33-25(17-36-27)31-35-12-11-23(38-31)15-24(14-18)37-22/h5-6,9-10,16-17,20-24,26,29-31H,1,7-8,11-15,32H2,2-4H3/b9-6+,10-5-,19-16+/t20-,21-,22-,23-,24+,26+,29-,30-,31-/m0/s1. The first-order valence-electron chi connectivity index (χ1n) is 14.4. The van der Waals surface area contributed by atoms with Crippen molar-refractivity contribution < 1.29 is 32.9 Å². The Morgan fingerprint density at radius 2 is 1.85 bits per heavy atom. The maximum absolute atomic E-state index is 13.0. The zero-order valence-corrected chi connectivity index (χ0v) is 23.7. The van der Waals surface area contributed by atoms with Crippen LogP contribution in [0.4, 0.5) is 0 Å². The van der Waals surface area contributed by atoms with Gasteiger partial charge in [-0.3, -0.25) is 0 Å². The van der Waals surface area contributed by atoms with E-state index in [1.54, 1.807) is 12.5 Å². The highest BCUT2D eigenvalue weighted by Gasteiger charge is 2.43. The van der Waals surface area contributed by atoms with Gasteiger partial charge in [-0.25, -0.2) is 9.78 Å². The van der Waals surface area contributed by atoms with Gasteiger partial charge in [-0.2, -0.15) is 0 Å². The predicted octanol–water partition coefficient (Wildman–Crippen LogP) is 5.15. The quantitative estimate of drug-likeness (QED) is 0.372. The molecule has 0 spiro atoms. The third-order valence-electron chi connectivity index (χ3n) is 8.42. The van der Waals surface area contributed by atoms with E-state index in [1.165, 1.54) is 6.08 Å². The molecule has 0 amide bonds. The number of aromatic nitrogens is 1. The van der Waals surface area contributed by atoms with Crippen LogP contribution in [0.1, 0.15) is 77.2 Å². The Morgan fingerprint density at radius 3 is 2.67 bits per heavy atom. The van der Waals surface area contributed by atoms with Crippen LogP contribution in [0, 0.1) is 11.8 Å². The number of hydrogen-bond donors (Lipinski definition) is 1. The summed E-state index contributed by atoms with van der Waals surface area (Å²) in [6.45, 7) is 10.9. The van der Waals surface area contributed by atoms with E-state index in [9.17, 15) is 4.79 Å². The van der Waals surface area contributed by atoms with Gasteiger partial charge < -0.3 is 33.8 Å². The van der Waals surface area contributed by atoms with Gasteiger partial charge in [0.05, 0.1) is 37.1 Å². The lowest BCUT2D eigenvalue weighted by Crippen LogP contribution is -2.51. The molecule has 9 atom stereocenters. The molecule has 3 fully saturated rings. The molecule has 9 nitrogen and oxygen atoms in total. The van der Waals surface area contributed by atoms with Crippen molar-refractivity contribution in [2.45, 2.75) is 102 Å². The van der Waals surface area contributed by atoms with E-state index >= 15 is 0 Å². The lowest BCUT2D eigenvalue weighted by atomic mass is 9.79. The van der Waals surface area contributed by atoms with E-state index in [1.807, 2.05) is 32.1 Å². The third kappa shape index (κ3) is 6.77. The van der Waals surface area contributed by atoms with Crippen molar-refractivity contribution >= 4 is 12.0 Å². The van der Waals surface area contributed by atoms with Gasteiger partial charge in [0, 0.05) is 24.3 Å². The monoisotopic (exact) mass is 554 g/mol. The molecular weight excluding hydrogens is 512 g/mol. The molecule has 4 aliphatic rings. The van der Waals surface area contributed by atoms with Gasteiger partial charge in [0.25, 0.3) is 0 Å². The molecule has 40 heavy (non-hydrogen) atoms. The SMILES string of the molecule is C=C1C[C@@H]2C[C@@H]3CCO[C@@H](O3)c3coc(n3)/C=C/C[C@H]3O[C@@H](/C(C)=C/N)[C@H](C)[C@@H](OC(=O)/C=C\C[C@@H](C1)O2)[C@H]3C. The average molecular weight is 555 g/mol. The van der Waals surface area contributed by atoms with Crippen LogP contribution in [0.3, 0.4) is 0 Å². The summed E-state index contributed by atoms with van der Waals surface area (Å²) in [7, 11) is 0. The van der Waals surface area contributed by atoms with Gasteiger partial charge in [0.2, 0.25) is 12.2 Å². The topological polar surface area (TPSA) is 115 Å². The van der Waals surface area contributed by atoms with E-state index in [0.29, 0.717) is 31.0 Å². The summed E-state index contributed by atoms with van der Waals surface area (Å²) in [5.74, 6) is -0.00301. The number of oxazole rings is 1. The minimum Gasteiger partial charge on any atom is -0.458 e. The second kappa shape index (κ2) is 12.9. The highest BCUT2D eigenvalue weighted by atomic mass is 16.7. The van der Waals surface area contributed by atoms with Crippen molar-refractivity contribution in [1.82, 2.24) is 4.98 Å². The molecule has 1 aromatic heterocycles. The van der Waals surface area contributed by atoms with Crippen molar-refractivity contribution in [2.75, 3.05) is 6.61 Å². The van der Waals surface area contributed by atoms with E-state index in [2.05, 4.69) is 18.5 Å². The zero-order valence-electron chi connectivity index (χ0n) is 23.7. The fourth-order valence-corrected chi connectivity index (χ4v) is 6.26. The number of nitrogens with two attached hydrogens (primary N) is 1. The van der Waals surface area contributed by atoms with Crippen LogP contribution in [0.2, 0.25) is 0 Å². The Morgan fingerprint density at radius 1 is 1.05 bits per heavy atom. The molecule has 4 aliphatic heterocycles. The second-order valence-corrected chi connectivity index (χ2v) is 11.5. The zero-order chi connectivity index (χ0) is 28.2. The first kappa shape index (κ1) is 28.8. The first-order chi connectivity index (χ1) is 19.3.